The van der Waals surface area contributed by atoms with E-state index in [9.17, 15) is 0 Å². The lowest BCUT2D eigenvalue weighted by atomic mass is 10.1. The maximum atomic E-state index is 5.85. The number of nitrogens with two attached hydrogens (primary N) is 1. The average molecular weight is 299 g/mol. The molecule has 2 rings (SSSR count). The Morgan fingerprint density at radius 2 is 2.29 bits per heavy atom. The number of benzene rings is 1. The van der Waals surface area contributed by atoms with Crippen molar-refractivity contribution >= 4 is 27.3 Å². The number of hydrogen-bond donors (Lipinski definition) is 2. The molecule has 0 aromatic heterocycles. The molecule has 1 aromatic carbocycles. The molecule has 0 amide bonds. The van der Waals surface area contributed by atoms with Crippen LogP contribution in [0.1, 0.15) is 24.8 Å². The summed E-state index contributed by atoms with van der Waals surface area (Å²) in [6.07, 6.45) is 3.96. The van der Waals surface area contributed by atoms with Crippen LogP contribution in [-0.4, -0.2) is 19.3 Å². The highest BCUT2D eigenvalue weighted by Gasteiger charge is 2.14. The quantitative estimate of drug-likeness (QED) is 0.842. The fraction of sp³-hybridized carbons (Fsp3) is 0.538. The van der Waals surface area contributed by atoms with Crippen LogP contribution in [0.3, 0.4) is 0 Å². The van der Waals surface area contributed by atoms with E-state index < -0.39 is 0 Å². The van der Waals surface area contributed by atoms with E-state index in [2.05, 4.69) is 27.3 Å². The zero-order valence-electron chi connectivity index (χ0n) is 10.1. The van der Waals surface area contributed by atoms with E-state index in [0.29, 0.717) is 6.10 Å². The van der Waals surface area contributed by atoms with Gasteiger partial charge in [-0.3, -0.25) is 0 Å². The van der Waals surface area contributed by atoms with Crippen LogP contribution in [0.25, 0.3) is 0 Å². The van der Waals surface area contributed by atoms with Crippen molar-refractivity contribution in [3.63, 3.8) is 0 Å². The first kappa shape index (κ1) is 12.7. The average Bonchev–Trinajstić information content (AvgIpc) is 2.33. The minimum atomic E-state index is 0.341. The van der Waals surface area contributed by atoms with E-state index in [1.54, 1.807) is 0 Å². The van der Waals surface area contributed by atoms with Gasteiger partial charge in [0.2, 0.25) is 0 Å². The molecule has 94 valence electrons. The van der Waals surface area contributed by atoms with E-state index in [4.69, 9.17) is 10.5 Å². The molecule has 0 spiro atoms. The third-order valence-corrected chi connectivity index (χ3v) is 3.81. The van der Waals surface area contributed by atoms with E-state index in [0.717, 1.165) is 41.0 Å². The molecule has 1 aromatic rings. The molecule has 1 unspecified atom stereocenters. The van der Waals surface area contributed by atoms with Crippen molar-refractivity contribution in [1.82, 2.24) is 0 Å². The monoisotopic (exact) mass is 298 g/mol. The van der Waals surface area contributed by atoms with Gasteiger partial charge in [-0.15, -0.1) is 0 Å². The smallest absolute Gasteiger partial charge is 0.0747 e. The van der Waals surface area contributed by atoms with Crippen molar-refractivity contribution in [2.45, 2.75) is 32.3 Å². The van der Waals surface area contributed by atoms with Gasteiger partial charge in [0.15, 0.2) is 0 Å². The normalized spacial score (nSPS) is 20.2. The number of halogens is 1. The van der Waals surface area contributed by atoms with Crippen molar-refractivity contribution in [2.24, 2.45) is 0 Å². The van der Waals surface area contributed by atoms with Crippen molar-refractivity contribution < 1.29 is 4.74 Å². The van der Waals surface area contributed by atoms with Gasteiger partial charge in [0.1, 0.15) is 0 Å². The number of nitrogen functional groups attached to an aromatic ring is 1. The molecule has 3 N–H and O–H groups in total. The third kappa shape index (κ3) is 3.36. The maximum Gasteiger partial charge on any atom is 0.0747 e. The first-order valence-corrected chi connectivity index (χ1v) is 6.87. The van der Waals surface area contributed by atoms with Crippen LogP contribution in [0.4, 0.5) is 11.4 Å². The summed E-state index contributed by atoms with van der Waals surface area (Å²) in [7, 11) is 0. The second kappa shape index (κ2) is 5.74. The molecule has 1 fully saturated rings. The van der Waals surface area contributed by atoms with Gasteiger partial charge < -0.3 is 15.8 Å². The van der Waals surface area contributed by atoms with Crippen LogP contribution in [0, 0.1) is 6.92 Å². The summed E-state index contributed by atoms with van der Waals surface area (Å²) in [6.45, 7) is 3.78. The number of rotatable bonds is 3. The standard InChI is InChI=1S/C13H19BrN2O/c1-9-6-13(11(14)7-12(9)15)16-8-10-4-2-3-5-17-10/h6-7,10,16H,2-5,8,15H2,1H3. The molecule has 0 bridgehead atoms. The van der Waals surface area contributed by atoms with Crippen LogP contribution >= 0.6 is 15.9 Å². The molecular formula is C13H19BrN2O. The second-order valence-corrected chi connectivity index (χ2v) is 5.41. The summed E-state index contributed by atoms with van der Waals surface area (Å²) >= 11 is 3.52. The van der Waals surface area contributed by atoms with Crippen LogP contribution in [-0.2, 0) is 4.74 Å². The minimum Gasteiger partial charge on any atom is -0.398 e. The van der Waals surface area contributed by atoms with Gasteiger partial charge in [0, 0.05) is 29.0 Å². The summed E-state index contributed by atoms with van der Waals surface area (Å²) in [6, 6.07) is 4.02. The summed E-state index contributed by atoms with van der Waals surface area (Å²) in [5.41, 5.74) is 8.85. The molecule has 4 heteroatoms. The predicted octanol–water partition coefficient (Wildman–Crippen LogP) is 3.32. The first-order chi connectivity index (χ1) is 8.16. The number of nitrogens with one attached hydrogen (secondary N) is 1. The van der Waals surface area contributed by atoms with Crippen LogP contribution in [0.15, 0.2) is 16.6 Å². The molecule has 0 radical (unpaired) electrons. The summed E-state index contributed by atoms with van der Waals surface area (Å²) in [4.78, 5) is 0. The Labute approximate surface area is 111 Å². The molecular weight excluding hydrogens is 280 g/mol. The number of hydrogen-bond acceptors (Lipinski definition) is 3. The van der Waals surface area contributed by atoms with Crippen molar-refractivity contribution in [3.8, 4) is 0 Å². The molecule has 0 saturated carbocycles. The molecule has 0 aliphatic carbocycles. The SMILES string of the molecule is Cc1cc(NCC2CCCCO2)c(Br)cc1N. The number of aryl methyl sites for hydroxylation is 1. The van der Waals surface area contributed by atoms with Crippen molar-refractivity contribution in [2.75, 3.05) is 24.2 Å². The summed E-state index contributed by atoms with van der Waals surface area (Å²) in [5.74, 6) is 0. The molecule has 3 nitrogen and oxygen atoms in total. The Kier molecular flexibility index (Phi) is 4.29. The van der Waals surface area contributed by atoms with E-state index in [1.165, 1.54) is 12.8 Å². The Bertz CT molecular complexity index is 389. The largest absolute Gasteiger partial charge is 0.398 e. The lowest BCUT2D eigenvalue weighted by molar-refractivity contribution is 0.0247. The summed E-state index contributed by atoms with van der Waals surface area (Å²) < 4.78 is 6.70. The molecule has 17 heavy (non-hydrogen) atoms. The highest BCUT2D eigenvalue weighted by Crippen LogP contribution is 2.28. The van der Waals surface area contributed by atoms with Gasteiger partial charge in [-0.1, -0.05) is 0 Å². The van der Waals surface area contributed by atoms with Gasteiger partial charge in [-0.2, -0.15) is 0 Å². The van der Waals surface area contributed by atoms with E-state index >= 15 is 0 Å². The molecule has 1 saturated heterocycles. The Hall–Kier alpha value is -0.740. The lowest BCUT2D eigenvalue weighted by Crippen LogP contribution is -2.27. The van der Waals surface area contributed by atoms with Gasteiger partial charge >= 0.3 is 0 Å². The highest BCUT2D eigenvalue weighted by molar-refractivity contribution is 9.10. The third-order valence-electron chi connectivity index (χ3n) is 3.15. The molecule has 1 atom stereocenters. The zero-order chi connectivity index (χ0) is 12.3. The first-order valence-electron chi connectivity index (χ1n) is 6.08. The van der Waals surface area contributed by atoms with E-state index in [-0.39, 0.29) is 0 Å². The minimum absolute atomic E-state index is 0.341. The van der Waals surface area contributed by atoms with Crippen molar-refractivity contribution in [1.29, 1.82) is 0 Å². The number of anilines is 2. The van der Waals surface area contributed by atoms with Crippen molar-refractivity contribution in [3.05, 3.63) is 22.2 Å². The highest BCUT2D eigenvalue weighted by atomic mass is 79.9. The molecule has 1 aliphatic rings. The Balaban J connectivity index is 1.96. The van der Waals surface area contributed by atoms with Crippen LogP contribution in [0.2, 0.25) is 0 Å². The van der Waals surface area contributed by atoms with Gasteiger partial charge in [0.05, 0.1) is 6.10 Å². The maximum absolute atomic E-state index is 5.85. The molecule has 1 aliphatic heterocycles. The van der Waals surface area contributed by atoms with Crippen LogP contribution < -0.4 is 11.1 Å². The lowest BCUT2D eigenvalue weighted by Gasteiger charge is -2.23. The van der Waals surface area contributed by atoms with Crippen LogP contribution in [0.5, 0.6) is 0 Å². The van der Waals surface area contributed by atoms with Gasteiger partial charge in [-0.25, -0.2) is 0 Å². The zero-order valence-corrected chi connectivity index (χ0v) is 11.7. The fourth-order valence-corrected chi connectivity index (χ4v) is 2.53. The Morgan fingerprint density at radius 1 is 1.47 bits per heavy atom. The number of ether oxygens (including phenoxy) is 1. The van der Waals surface area contributed by atoms with Gasteiger partial charge in [-0.05, 0) is 59.8 Å². The fourth-order valence-electron chi connectivity index (χ4n) is 2.02. The van der Waals surface area contributed by atoms with E-state index in [1.807, 2.05) is 13.0 Å². The molecule has 1 heterocycles. The topological polar surface area (TPSA) is 47.3 Å². The Morgan fingerprint density at radius 3 is 3.00 bits per heavy atom. The second-order valence-electron chi connectivity index (χ2n) is 4.56. The predicted molar refractivity (Wildman–Crippen MR) is 75.4 cm³/mol. The summed E-state index contributed by atoms with van der Waals surface area (Å²) in [5, 5.41) is 3.42. The van der Waals surface area contributed by atoms with Gasteiger partial charge in [0.25, 0.3) is 0 Å².